The molecule has 0 bridgehead atoms. The van der Waals surface area contributed by atoms with Gasteiger partial charge in [-0.25, -0.2) is 0 Å². The Balaban J connectivity index is 1.71. The maximum absolute atomic E-state index is 6.57. The van der Waals surface area contributed by atoms with Gasteiger partial charge in [0.25, 0.3) is 0 Å². The smallest absolute Gasteiger partial charge is 0.399 e. The molecule has 5 heteroatoms. The van der Waals surface area contributed by atoms with Gasteiger partial charge >= 0.3 is 7.12 Å². The molecular formula is C24H23BClNO2. The van der Waals surface area contributed by atoms with E-state index in [1.165, 1.54) is 10.8 Å². The number of hydrogen-bond donors (Lipinski definition) is 0. The first-order chi connectivity index (χ1) is 13.8. The molecule has 3 nitrogen and oxygen atoms in total. The molecule has 0 radical (unpaired) electrons. The molecule has 1 aromatic heterocycles. The molecule has 29 heavy (non-hydrogen) atoms. The Kier molecular flexibility index (Phi) is 4.11. The summed E-state index contributed by atoms with van der Waals surface area (Å²) in [4.78, 5) is 0. The van der Waals surface area contributed by atoms with Crippen LogP contribution in [0.1, 0.15) is 27.7 Å². The van der Waals surface area contributed by atoms with Crippen molar-refractivity contribution in [2.24, 2.45) is 0 Å². The lowest BCUT2D eigenvalue weighted by atomic mass is 9.79. The molecule has 0 N–H and O–H groups in total. The average molecular weight is 404 g/mol. The first-order valence-corrected chi connectivity index (χ1v) is 10.3. The van der Waals surface area contributed by atoms with Crippen molar-refractivity contribution in [2.45, 2.75) is 38.9 Å². The summed E-state index contributed by atoms with van der Waals surface area (Å²) < 4.78 is 14.8. The van der Waals surface area contributed by atoms with Gasteiger partial charge in [0.15, 0.2) is 0 Å². The van der Waals surface area contributed by atoms with Gasteiger partial charge in [-0.1, -0.05) is 48.0 Å². The van der Waals surface area contributed by atoms with E-state index >= 15 is 0 Å². The van der Waals surface area contributed by atoms with Crippen LogP contribution in [0.25, 0.3) is 27.5 Å². The topological polar surface area (TPSA) is 23.4 Å². The highest BCUT2D eigenvalue weighted by Crippen LogP contribution is 2.37. The molecule has 5 rings (SSSR count). The predicted molar refractivity (Wildman–Crippen MR) is 122 cm³/mol. The van der Waals surface area contributed by atoms with Crippen LogP contribution in [-0.4, -0.2) is 22.9 Å². The van der Waals surface area contributed by atoms with Gasteiger partial charge in [-0.3, -0.25) is 0 Å². The minimum Gasteiger partial charge on any atom is -0.399 e. The van der Waals surface area contributed by atoms with Gasteiger partial charge in [-0.2, -0.15) is 0 Å². The molecule has 1 fully saturated rings. The molecule has 0 atom stereocenters. The number of para-hydroxylation sites is 2. The van der Waals surface area contributed by atoms with E-state index in [-0.39, 0.29) is 0 Å². The second-order valence-electron chi connectivity index (χ2n) is 8.70. The third-order valence-electron chi connectivity index (χ3n) is 6.27. The second kappa shape index (κ2) is 6.37. The van der Waals surface area contributed by atoms with Crippen LogP contribution in [-0.2, 0) is 9.31 Å². The van der Waals surface area contributed by atoms with Crippen LogP contribution < -0.4 is 5.46 Å². The molecule has 1 aliphatic heterocycles. The molecule has 0 spiro atoms. The minimum absolute atomic E-state index is 0.396. The largest absolute Gasteiger partial charge is 0.494 e. The van der Waals surface area contributed by atoms with Gasteiger partial charge in [0.1, 0.15) is 0 Å². The highest BCUT2D eigenvalue weighted by Gasteiger charge is 2.51. The molecule has 0 amide bonds. The number of halogens is 1. The zero-order valence-corrected chi connectivity index (χ0v) is 17.8. The van der Waals surface area contributed by atoms with Gasteiger partial charge in [0.05, 0.1) is 22.2 Å². The number of aromatic nitrogens is 1. The van der Waals surface area contributed by atoms with Crippen LogP contribution in [0, 0.1) is 0 Å². The van der Waals surface area contributed by atoms with Gasteiger partial charge in [-0.05, 0) is 63.5 Å². The van der Waals surface area contributed by atoms with Crippen LogP contribution in [0.5, 0.6) is 0 Å². The van der Waals surface area contributed by atoms with Crippen molar-refractivity contribution in [1.82, 2.24) is 4.57 Å². The van der Waals surface area contributed by atoms with E-state index in [1.807, 2.05) is 12.1 Å². The van der Waals surface area contributed by atoms with E-state index in [1.54, 1.807) is 0 Å². The monoisotopic (exact) mass is 403 g/mol. The Hall–Kier alpha value is -2.27. The van der Waals surface area contributed by atoms with Crippen molar-refractivity contribution < 1.29 is 9.31 Å². The fourth-order valence-corrected chi connectivity index (χ4v) is 4.28. The van der Waals surface area contributed by atoms with E-state index in [0.717, 1.165) is 22.2 Å². The van der Waals surface area contributed by atoms with Gasteiger partial charge in [-0.15, -0.1) is 0 Å². The zero-order valence-electron chi connectivity index (χ0n) is 17.1. The predicted octanol–water partition coefficient (Wildman–Crippen LogP) is 5.74. The molecule has 2 heterocycles. The van der Waals surface area contributed by atoms with Crippen molar-refractivity contribution in [2.75, 3.05) is 0 Å². The minimum atomic E-state index is -0.453. The highest BCUT2D eigenvalue weighted by molar-refractivity contribution is 6.62. The first kappa shape index (κ1) is 18.7. The fraction of sp³-hybridized carbons (Fsp3) is 0.250. The summed E-state index contributed by atoms with van der Waals surface area (Å²) >= 11 is 6.57. The average Bonchev–Trinajstić information content (AvgIpc) is 3.12. The van der Waals surface area contributed by atoms with Crippen LogP contribution >= 0.6 is 11.6 Å². The summed E-state index contributed by atoms with van der Waals surface area (Å²) in [5, 5.41) is 3.11. The summed E-state index contributed by atoms with van der Waals surface area (Å²) in [6, 6.07) is 22.9. The zero-order chi connectivity index (χ0) is 20.4. The molecule has 3 aromatic carbocycles. The third kappa shape index (κ3) is 2.90. The Morgan fingerprint density at radius 3 is 1.83 bits per heavy atom. The van der Waals surface area contributed by atoms with E-state index in [9.17, 15) is 0 Å². The summed E-state index contributed by atoms with van der Waals surface area (Å²) in [6.07, 6.45) is 0. The number of rotatable bonds is 2. The SMILES string of the molecule is CC1(C)OB(c2cc(Cl)cc(-n3c4ccccc4c4ccccc43)c2)OC1(C)C. The van der Waals surface area contributed by atoms with Crippen molar-refractivity contribution >= 4 is 46.0 Å². The Labute approximate surface area is 176 Å². The molecule has 0 saturated carbocycles. The molecule has 146 valence electrons. The summed E-state index contributed by atoms with van der Waals surface area (Å²) in [6.45, 7) is 8.24. The van der Waals surface area contributed by atoms with Crippen LogP contribution in [0.15, 0.2) is 66.7 Å². The first-order valence-electron chi connectivity index (χ1n) is 9.91. The van der Waals surface area contributed by atoms with E-state index in [0.29, 0.717) is 5.02 Å². The van der Waals surface area contributed by atoms with Gasteiger partial charge < -0.3 is 13.9 Å². The van der Waals surface area contributed by atoms with Crippen LogP contribution in [0.3, 0.4) is 0 Å². The van der Waals surface area contributed by atoms with Crippen LogP contribution in [0.2, 0.25) is 5.02 Å². The van der Waals surface area contributed by atoms with E-state index in [4.69, 9.17) is 20.9 Å². The van der Waals surface area contributed by atoms with Crippen molar-refractivity contribution in [3.63, 3.8) is 0 Å². The molecule has 1 aliphatic rings. The fourth-order valence-electron chi connectivity index (χ4n) is 4.04. The molecule has 4 aromatic rings. The molecular weight excluding hydrogens is 381 g/mol. The summed E-state index contributed by atoms with van der Waals surface area (Å²) in [7, 11) is -0.453. The Bertz CT molecular complexity index is 1180. The number of fused-ring (bicyclic) bond motifs is 3. The lowest BCUT2D eigenvalue weighted by Gasteiger charge is -2.32. The maximum Gasteiger partial charge on any atom is 0.494 e. The lowest BCUT2D eigenvalue weighted by molar-refractivity contribution is 0.00578. The number of hydrogen-bond acceptors (Lipinski definition) is 2. The quantitative estimate of drug-likeness (QED) is 0.399. The second-order valence-corrected chi connectivity index (χ2v) is 9.14. The van der Waals surface area contributed by atoms with Crippen molar-refractivity contribution in [3.05, 3.63) is 71.8 Å². The molecule has 0 unspecified atom stereocenters. The normalized spacial score (nSPS) is 18.0. The van der Waals surface area contributed by atoms with Gasteiger partial charge in [0, 0.05) is 21.5 Å². The number of benzene rings is 3. The van der Waals surface area contributed by atoms with Crippen molar-refractivity contribution in [3.8, 4) is 5.69 Å². The third-order valence-corrected chi connectivity index (χ3v) is 6.49. The van der Waals surface area contributed by atoms with Crippen molar-refractivity contribution in [1.29, 1.82) is 0 Å². The van der Waals surface area contributed by atoms with Crippen LogP contribution in [0.4, 0.5) is 0 Å². The van der Waals surface area contributed by atoms with Gasteiger partial charge in [0.2, 0.25) is 0 Å². The van der Waals surface area contributed by atoms with E-state index in [2.05, 4.69) is 86.9 Å². The molecule has 0 aliphatic carbocycles. The highest BCUT2D eigenvalue weighted by atomic mass is 35.5. The van der Waals surface area contributed by atoms with E-state index < -0.39 is 18.3 Å². The summed E-state index contributed by atoms with van der Waals surface area (Å²) in [5.74, 6) is 0. The lowest BCUT2D eigenvalue weighted by Crippen LogP contribution is -2.41. The Morgan fingerprint density at radius 2 is 1.28 bits per heavy atom. The standard InChI is InChI=1S/C24H23BClNO2/c1-23(2)24(3,4)29-25(28-23)16-13-17(26)15-18(14-16)27-21-11-7-5-9-19(21)20-10-6-8-12-22(20)27/h5-15H,1-4H3. The Morgan fingerprint density at radius 1 is 0.759 bits per heavy atom. The molecule has 1 saturated heterocycles. The summed E-state index contributed by atoms with van der Waals surface area (Å²) in [5.41, 5.74) is 3.43. The number of nitrogens with zero attached hydrogens (tertiary/aromatic N) is 1. The maximum atomic E-state index is 6.57.